The van der Waals surface area contributed by atoms with Crippen LogP contribution in [-0.2, 0) is 0 Å². The van der Waals surface area contributed by atoms with Crippen molar-refractivity contribution in [3.8, 4) is 0 Å². The maximum atomic E-state index is 7.60. The summed E-state index contributed by atoms with van der Waals surface area (Å²) in [5.74, 6) is 2.03. The number of hydrogen-bond acceptors (Lipinski definition) is 0. The minimum Gasteiger partial charge on any atom is -0.128 e. The highest BCUT2D eigenvalue weighted by Gasteiger charge is 2.75. The van der Waals surface area contributed by atoms with Crippen LogP contribution in [0.2, 0.25) is 11.1 Å². The van der Waals surface area contributed by atoms with Crippen molar-refractivity contribution in [2.75, 3.05) is 0 Å². The van der Waals surface area contributed by atoms with Gasteiger partial charge in [0, 0.05) is 9.65 Å². The zero-order chi connectivity index (χ0) is 20.2. The fourth-order valence-electron chi connectivity index (χ4n) is 9.66. The van der Waals surface area contributed by atoms with E-state index in [1.807, 2.05) is 0 Å². The molecule has 5 unspecified atom stereocenters. The molecule has 160 valence electrons. The predicted octanol–water partition coefficient (Wildman–Crippen LogP) is 8.90. The van der Waals surface area contributed by atoms with Gasteiger partial charge in [0.05, 0.1) is 0 Å². The molecule has 0 aromatic rings. The summed E-state index contributed by atoms with van der Waals surface area (Å²) in [7, 11) is 0. The largest absolute Gasteiger partial charge is 0.175 e. The van der Waals surface area contributed by atoms with Crippen LogP contribution in [0.15, 0.2) is 0 Å². The standard InChI is InChI=1S/C25H43BCl2/c1-19(2)21-22(12-8-5-6-9-13-23(21,27)17-16-22)24-14-10-7-11-15-25(28,18-24)26(24)20(3)4/h19-21H,5-18H2,1-4H3. The first kappa shape index (κ1) is 21.9. The molecule has 0 aromatic heterocycles. The van der Waals surface area contributed by atoms with Crippen LogP contribution < -0.4 is 0 Å². The van der Waals surface area contributed by atoms with E-state index in [0.717, 1.165) is 0 Å². The van der Waals surface area contributed by atoms with Gasteiger partial charge in [0.15, 0.2) is 6.71 Å². The van der Waals surface area contributed by atoms with Crippen molar-refractivity contribution in [1.29, 1.82) is 0 Å². The molecule has 5 rings (SSSR count). The smallest absolute Gasteiger partial charge is 0.128 e. The van der Waals surface area contributed by atoms with Gasteiger partial charge in [-0.3, -0.25) is 0 Å². The summed E-state index contributed by atoms with van der Waals surface area (Å²) in [6, 6.07) is 0. The minimum atomic E-state index is 0.0434. The molecule has 3 heteroatoms. The molecule has 5 atom stereocenters. The Kier molecular flexibility index (Phi) is 5.97. The Morgan fingerprint density at radius 3 is 2.00 bits per heavy atom. The van der Waals surface area contributed by atoms with E-state index in [1.165, 1.54) is 89.9 Å². The van der Waals surface area contributed by atoms with Gasteiger partial charge in [-0.15, -0.1) is 23.2 Å². The average molecular weight is 425 g/mol. The van der Waals surface area contributed by atoms with Gasteiger partial charge in [-0.25, -0.2) is 0 Å². The molecular formula is C25H43BCl2. The second-order valence-electron chi connectivity index (χ2n) is 12.0. The van der Waals surface area contributed by atoms with Gasteiger partial charge in [-0.05, 0) is 61.1 Å². The molecule has 2 heterocycles. The summed E-state index contributed by atoms with van der Waals surface area (Å²) in [5.41, 5.74) is 0.428. The van der Waals surface area contributed by atoms with Crippen LogP contribution in [0.3, 0.4) is 0 Å². The van der Waals surface area contributed by atoms with Crippen molar-refractivity contribution in [3.05, 3.63) is 0 Å². The van der Waals surface area contributed by atoms with Crippen molar-refractivity contribution in [1.82, 2.24) is 0 Å². The molecule has 3 saturated carbocycles. The highest BCUT2D eigenvalue weighted by atomic mass is 35.5. The molecule has 2 aliphatic heterocycles. The third-order valence-electron chi connectivity index (χ3n) is 9.91. The maximum Gasteiger partial charge on any atom is 0.175 e. The predicted molar refractivity (Wildman–Crippen MR) is 126 cm³/mol. The topological polar surface area (TPSA) is 0 Å². The van der Waals surface area contributed by atoms with Crippen LogP contribution in [0.5, 0.6) is 0 Å². The third-order valence-corrected chi connectivity index (χ3v) is 11.1. The highest BCUT2D eigenvalue weighted by molar-refractivity contribution is 6.79. The Labute approximate surface area is 185 Å². The third kappa shape index (κ3) is 3.06. The van der Waals surface area contributed by atoms with E-state index in [-0.39, 0.29) is 9.65 Å². The lowest BCUT2D eigenvalue weighted by Crippen LogP contribution is -2.70. The van der Waals surface area contributed by atoms with Gasteiger partial charge in [-0.1, -0.05) is 84.9 Å². The van der Waals surface area contributed by atoms with Crippen molar-refractivity contribution in [2.45, 2.75) is 138 Å². The summed E-state index contributed by atoms with van der Waals surface area (Å²) < 4.78 is 0.0703. The SMILES string of the molecule is CC(C)B1C2(Cl)CCCCCC1(C13CCCCCCC(Cl)(CC1)C3C(C)C)C2. The Balaban J connectivity index is 1.84. The van der Waals surface area contributed by atoms with Crippen LogP contribution in [0, 0.1) is 17.3 Å². The molecule has 0 N–H and O–H groups in total. The number of hydrogen-bond donors (Lipinski definition) is 0. The first-order valence-corrected chi connectivity index (χ1v) is 13.3. The minimum absolute atomic E-state index is 0.0434. The van der Waals surface area contributed by atoms with Gasteiger partial charge >= 0.3 is 0 Å². The molecule has 5 fully saturated rings. The molecule has 0 aromatic carbocycles. The molecule has 0 spiro atoms. The zero-order valence-electron chi connectivity index (χ0n) is 19.0. The molecule has 5 aliphatic rings. The second kappa shape index (κ2) is 7.65. The second-order valence-corrected chi connectivity index (χ2v) is 13.5. The molecule has 0 nitrogen and oxygen atoms in total. The van der Waals surface area contributed by atoms with Gasteiger partial charge in [0.1, 0.15) is 0 Å². The number of rotatable bonds is 3. The lowest BCUT2D eigenvalue weighted by molar-refractivity contribution is 0.0155. The zero-order valence-corrected chi connectivity index (χ0v) is 20.5. The van der Waals surface area contributed by atoms with E-state index in [0.29, 0.717) is 35.1 Å². The quantitative estimate of drug-likeness (QED) is 0.313. The number of alkyl halides is 2. The lowest BCUT2D eigenvalue weighted by atomic mass is 9.07. The van der Waals surface area contributed by atoms with Gasteiger partial charge in [-0.2, -0.15) is 0 Å². The number of fused-ring (bicyclic) bond motifs is 6. The summed E-state index contributed by atoms with van der Waals surface area (Å²) in [6.45, 7) is 10.6. The Morgan fingerprint density at radius 1 is 0.714 bits per heavy atom. The molecular weight excluding hydrogens is 382 g/mol. The molecule has 28 heavy (non-hydrogen) atoms. The van der Waals surface area contributed by atoms with Crippen molar-refractivity contribution in [2.24, 2.45) is 17.3 Å². The van der Waals surface area contributed by atoms with Gasteiger partial charge < -0.3 is 0 Å². The summed E-state index contributed by atoms with van der Waals surface area (Å²) >= 11 is 15.1. The Morgan fingerprint density at radius 2 is 1.32 bits per heavy atom. The summed E-state index contributed by atoms with van der Waals surface area (Å²) in [5, 5.41) is 0.444. The average Bonchev–Trinajstić information content (AvgIpc) is 2.90. The maximum absolute atomic E-state index is 7.60. The van der Waals surface area contributed by atoms with Crippen LogP contribution in [0.4, 0.5) is 0 Å². The van der Waals surface area contributed by atoms with Crippen LogP contribution in [0.1, 0.15) is 118 Å². The van der Waals surface area contributed by atoms with Crippen LogP contribution in [0.25, 0.3) is 0 Å². The van der Waals surface area contributed by atoms with Gasteiger partial charge in [0.2, 0.25) is 0 Å². The first-order valence-electron chi connectivity index (χ1n) is 12.6. The van der Waals surface area contributed by atoms with Crippen LogP contribution in [-0.4, -0.2) is 16.4 Å². The van der Waals surface area contributed by atoms with E-state index < -0.39 is 0 Å². The van der Waals surface area contributed by atoms with E-state index in [4.69, 9.17) is 23.2 Å². The fourth-order valence-corrected chi connectivity index (χ4v) is 11.2. The van der Waals surface area contributed by atoms with Crippen molar-refractivity contribution in [3.63, 3.8) is 0 Å². The normalized spacial score (nSPS) is 47.1. The molecule has 3 aliphatic carbocycles. The number of halogens is 2. The van der Waals surface area contributed by atoms with Gasteiger partial charge in [0.25, 0.3) is 0 Å². The van der Waals surface area contributed by atoms with E-state index >= 15 is 0 Å². The first-order chi connectivity index (χ1) is 13.2. The lowest BCUT2D eigenvalue weighted by Gasteiger charge is -2.71. The van der Waals surface area contributed by atoms with E-state index in [9.17, 15) is 0 Å². The van der Waals surface area contributed by atoms with E-state index in [2.05, 4.69) is 27.7 Å². The summed E-state index contributed by atoms with van der Waals surface area (Å²) in [4.78, 5) is 0.0434. The molecule has 4 bridgehead atoms. The highest BCUT2D eigenvalue weighted by Crippen LogP contribution is 2.80. The Hall–Kier alpha value is 0.645. The summed E-state index contributed by atoms with van der Waals surface area (Å²) in [6.07, 6.45) is 18.9. The van der Waals surface area contributed by atoms with Crippen LogP contribution >= 0.6 is 23.2 Å². The fraction of sp³-hybridized carbons (Fsp3) is 1.00. The molecule has 2 saturated heterocycles. The van der Waals surface area contributed by atoms with E-state index in [1.54, 1.807) is 0 Å². The molecule has 0 radical (unpaired) electrons. The monoisotopic (exact) mass is 424 g/mol. The van der Waals surface area contributed by atoms with Crippen molar-refractivity contribution < 1.29 is 0 Å². The Bertz CT molecular complexity index is 577. The molecule has 0 amide bonds. The van der Waals surface area contributed by atoms with Crippen molar-refractivity contribution >= 4 is 29.9 Å².